The second-order valence-corrected chi connectivity index (χ2v) is 9.82. The van der Waals surface area contributed by atoms with E-state index in [4.69, 9.17) is 23.2 Å². The van der Waals surface area contributed by atoms with Crippen molar-refractivity contribution in [2.75, 3.05) is 0 Å². The lowest BCUT2D eigenvalue weighted by Crippen LogP contribution is -2.53. The molecule has 0 aromatic heterocycles. The van der Waals surface area contributed by atoms with Gasteiger partial charge in [-0.3, -0.25) is 14.3 Å². The molecule has 1 saturated carbocycles. The molecule has 6 nitrogen and oxygen atoms in total. The van der Waals surface area contributed by atoms with Crippen LogP contribution in [0.2, 0.25) is 10.0 Å². The molecule has 2 aliphatic carbocycles. The van der Waals surface area contributed by atoms with Crippen molar-refractivity contribution in [3.63, 3.8) is 0 Å². The fraction of sp³-hybridized carbons (Fsp3) is 0.333. The molecular weight excluding hydrogens is 413 g/mol. The van der Waals surface area contributed by atoms with Gasteiger partial charge in [0.05, 0.1) is 11.3 Å². The maximum Gasteiger partial charge on any atom is 0.312 e. The number of aliphatic carboxylic acids is 1. The summed E-state index contributed by atoms with van der Waals surface area (Å²) >= 11 is 12.1. The number of hydrogen-bond donors (Lipinski definition) is 2. The Morgan fingerprint density at radius 3 is 2.44 bits per heavy atom. The van der Waals surface area contributed by atoms with Gasteiger partial charge < -0.3 is 5.11 Å². The van der Waals surface area contributed by atoms with Crippen LogP contribution in [0.25, 0.3) is 0 Å². The van der Waals surface area contributed by atoms with Crippen LogP contribution in [-0.2, 0) is 25.0 Å². The zero-order valence-corrected chi connectivity index (χ0v) is 16.6. The van der Waals surface area contributed by atoms with Gasteiger partial charge in [-0.25, -0.2) is 8.42 Å². The molecule has 0 saturated heterocycles. The Morgan fingerprint density at radius 1 is 1.22 bits per heavy atom. The van der Waals surface area contributed by atoms with Gasteiger partial charge in [0.15, 0.2) is 0 Å². The average Bonchev–Trinajstić information content (AvgIpc) is 3.36. The fourth-order valence-electron chi connectivity index (χ4n) is 3.25. The van der Waals surface area contributed by atoms with Gasteiger partial charge in [-0.15, -0.1) is 0 Å². The Labute approximate surface area is 166 Å². The molecular formula is C18H17Cl2NO5S. The number of carbonyl (C=O) groups is 2. The van der Waals surface area contributed by atoms with Crippen LogP contribution in [0.3, 0.4) is 0 Å². The number of carboxylic acid groups (broad SMARTS) is 1. The van der Waals surface area contributed by atoms with Crippen LogP contribution in [0.1, 0.15) is 25.3 Å². The van der Waals surface area contributed by atoms with Gasteiger partial charge in [-0.1, -0.05) is 53.6 Å². The summed E-state index contributed by atoms with van der Waals surface area (Å²) < 4.78 is 26.2. The second kappa shape index (κ2) is 6.65. The molecule has 1 amide bonds. The number of halogens is 2. The molecule has 2 unspecified atom stereocenters. The minimum Gasteiger partial charge on any atom is -0.481 e. The largest absolute Gasteiger partial charge is 0.481 e. The van der Waals surface area contributed by atoms with Crippen LogP contribution in [0.15, 0.2) is 42.5 Å². The van der Waals surface area contributed by atoms with Gasteiger partial charge >= 0.3 is 5.97 Å². The van der Waals surface area contributed by atoms with Crippen molar-refractivity contribution in [2.24, 2.45) is 5.92 Å². The van der Waals surface area contributed by atoms with Gasteiger partial charge in [0.2, 0.25) is 15.9 Å². The molecule has 1 fully saturated rings. The van der Waals surface area contributed by atoms with Crippen LogP contribution < -0.4 is 4.72 Å². The lowest BCUT2D eigenvalue weighted by molar-refractivity contribution is -0.140. The Kier molecular flexibility index (Phi) is 4.91. The topological polar surface area (TPSA) is 101 Å². The highest BCUT2D eigenvalue weighted by Gasteiger charge is 2.56. The van der Waals surface area contributed by atoms with E-state index in [9.17, 15) is 23.1 Å². The van der Waals surface area contributed by atoms with E-state index < -0.39 is 38.0 Å². The van der Waals surface area contributed by atoms with E-state index in [1.807, 2.05) is 0 Å². The van der Waals surface area contributed by atoms with E-state index in [2.05, 4.69) is 4.72 Å². The summed E-state index contributed by atoms with van der Waals surface area (Å²) in [6.45, 7) is 1.27. The molecule has 0 heterocycles. The minimum absolute atomic E-state index is 0.280. The molecule has 2 aliphatic rings. The van der Waals surface area contributed by atoms with Crippen LogP contribution in [-0.4, -0.2) is 30.1 Å². The van der Waals surface area contributed by atoms with E-state index in [-0.39, 0.29) is 5.02 Å². The van der Waals surface area contributed by atoms with Gasteiger partial charge in [-0.2, -0.15) is 0 Å². The number of hydrogen-bond acceptors (Lipinski definition) is 4. The van der Waals surface area contributed by atoms with Crippen LogP contribution in [0.5, 0.6) is 0 Å². The Balaban J connectivity index is 1.92. The molecule has 0 bridgehead atoms. The summed E-state index contributed by atoms with van der Waals surface area (Å²) in [5.41, 5.74) is -0.557. The first kappa shape index (κ1) is 19.9. The van der Waals surface area contributed by atoms with E-state index in [0.29, 0.717) is 23.4 Å². The Hall–Kier alpha value is -1.83. The van der Waals surface area contributed by atoms with Crippen molar-refractivity contribution < 1.29 is 23.1 Å². The standard InChI is InChI=1S/C18H17Cl2NO5S/c1-17(7-3-2-4-13(17)15(22)23)27(25,26)21-16(24)18(8-9-18)12-6-5-11(19)10-14(12)20/h2-7,10,13H,8-9H2,1H3,(H,21,24)(H,22,23). The highest BCUT2D eigenvalue weighted by molar-refractivity contribution is 7.91. The number of rotatable bonds is 5. The number of sulfonamides is 1. The summed E-state index contributed by atoms with van der Waals surface area (Å²) in [5.74, 6) is -3.33. The SMILES string of the molecule is CC1(S(=O)(=O)NC(=O)C2(c3ccc(Cl)cc3Cl)CC2)C=CC=CC1C(=O)O. The van der Waals surface area contributed by atoms with E-state index >= 15 is 0 Å². The first-order valence-corrected chi connectivity index (χ1v) is 10.4. The van der Waals surface area contributed by atoms with Crippen LogP contribution in [0.4, 0.5) is 0 Å². The second-order valence-electron chi connectivity index (χ2n) is 6.88. The predicted molar refractivity (Wildman–Crippen MR) is 102 cm³/mol. The number of nitrogens with one attached hydrogen (secondary N) is 1. The Morgan fingerprint density at radius 2 is 1.89 bits per heavy atom. The summed E-state index contributed by atoms with van der Waals surface area (Å²) in [4.78, 5) is 24.4. The van der Waals surface area contributed by atoms with Gasteiger partial charge in [0.1, 0.15) is 4.75 Å². The highest BCUT2D eigenvalue weighted by Crippen LogP contribution is 2.51. The molecule has 144 valence electrons. The molecule has 2 atom stereocenters. The number of benzene rings is 1. The van der Waals surface area contributed by atoms with Crippen molar-refractivity contribution in [3.8, 4) is 0 Å². The van der Waals surface area contributed by atoms with Gasteiger partial charge in [0, 0.05) is 10.0 Å². The highest BCUT2D eigenvalue weighted by atomic mass is 35.5. The van der Waals surface area contributed by atoms with Crippen molar-refractivity contribution >= 4 is 45.1 Å². The smallest absolute Gasteiger partial charge is 0.312 e. The molecule has 0 spiro atoms. The molecule has 0 aliphatic heterocycles. The average molecular weight is 430 g/mol. The molecule has 1 aromatic rings. The Bertz CT molecular complexity index is 981. The molecule has 9 heteroatoms. The maximum absolute atomic E-state index is 12.9. The third-order valence-electron chi connectivity index (χ3n) is 5.16. The maximum atomic E-state index is 12.9. The molecule has 2 N–H and O–H groups in total. The predicted octanol–water partition coefficient (Wildman–Crippen LogP) is 3.06. The summed E-state index contributed by atoms with van der Waals surface area (Å²) in [6, 6.07) is 4.69. The lowest BCUT2D eigenvalue weighted by Gasteiger charge is -2.32. The third-order valence-corrected chi connectivity index (χ3v) is 7.71. The zero-order chi connectivity index (χ0) is 20.0. The van der Waals surface area contributed by atoms with E-state index in [1.54, 1.807) is 12.1 Å². The van der Waals surface area contributed by atoms with Crippen molar-refractivity contribution in [3.05, 3.63) is 58.1 Å². The summed E-state index contributed by atoms with van der Waals surface area (Å²) in [7, 11) is -4.34. The fourth-order valence-corrected chi connectivity index (χ4v) is 5.27. The molecule has 1 aromatic carbocycles. The zero-order valence-electron chi connectivity index (χ0n) is 14.3. The first-order chi connectivity index (χ1) is 12.5. The van der Waals surface area contributed by atoms with Crippen LogP contribution in [0, 0.1) is 5.92 Å². The van der Waals surface area contributed by atoms with Crippen molar-refractivity contribution in [2.45, 2.75) is 29.9 Å². The van der Waals surface area contributed by atoms with Gasteiger partial charge in [0.25, 0.3) is 0 Å². The third kappa shape index (κ3) is 3.28. The van der Waals surface area contributed by atoms with Crippen LogP contribution >= 0.6 is 23.2 Å². The van der Waals surface area contributed by atoms with Crippen molar-refractivity contribution in [1.82, 2.24) is 4.72 Å². The summed E-state index contributed by atoms with van der Waals surface area (Å²) in [6.07, 6.45) is 6.35. The lowest BCUT2D eigenvalue weighted by atomic mass is 9.89. The quantitative estimate of drug-likeness (QED) is 0.748. The first-order valence-electron chi connectivity index (χ1n) is 8.15. The number of amides is 1. The van der Waals surface area contributed by atoms with E-state index in [1.165, 1.54) is 37.3 Å². The van der Waals surface area contributed by atoms with Gasteiger partial charge in [-0.05, 0) is 37.5 Å². The summed E-state index contributed by atoms with van der Waals surface area (Å²) in [5, 5.41) is 10.1. The van der Waals surface area contributed by atoms with E-state index in [0.717, 1.165) is 0 Å². The minimum atomic E-state index is -4.34. The monoisotopic (exact) mass is 429 g/mol. The molecule has 27 heavy (non-hydrogen) atoms. The number of allylic oxidation sites excluding steroid dienone is 2. The number of carboxylic acids is 1. The molecule has 0 radical (unpaired) electrons. The number of carbonyl (C=O) groups excluding carboxylic acids is 1. The molecule has 3 rings (SSSR count). The van der Waals surface area contributed by atoms with Crippen molar-refractivity contribution in [1.29, 1.82) is 0 Å². The normalized spacial score (nSPS) is 25.8.